The minimum atomic E-state index is -4.59. The van der Waals surface area contributed by atoms with Crippen LogP contribution in [0.4, 0.5) is 18.0 Å². The number of allylic oxidation sites excluding steroid dienone is 1. The molecule has 284 valence electrons. The molecule has 5 aliphatic rings. The van der Waals surface area contributed by atoms with Gasteiger partial charge in [-0.2, -0.15) is 13.2 Å². The molecule has 3 fully saturated rings. The molecule has 0 spiro atoms. The van der Waals surface area contributed by atoms with E-state index in [1.54, 1.807) is 18.2 Å². The highest BCUT2D eigenvalue weighted by Crippen LogP contribution is 2.46. The zero-order valence-electron chi connectivity index (χ0n) is 28.3. The molecule has 13 nitrogen and oxygen atoms in total. The Morgan fingerprint density at radius 2 is 1.85 bits per heavy atom. The maximum absolute atomic E-state index is 14.2. The summed E-state index contributed by atoms with van der Waals surface area (Å²) in [5.41, 5.74) is -0.0212. The SMILES string of the molecule is O=C(CCC(F)(F)F)N[C@H]1CCCCC/C=C\[C@H]2C[C@]2(C(=O)NS(=O)(=O)C2CC2)NC(=O)[C@@H]2C[C@@H](OC(=O)N3Cc4cccc(Cl)c4C3)CN2C1=O. The molecule has 0 radical (unpaired) electrons. The van der Waals surface area contributed by atoms with Gasteiger partial charge in [0.2, 0.25) is 27.7 Å². The van der Waals surface area contributed by atoms with Crippen molar-refractivity contribution in [1.82, 2.24) is 25.2 Å². The van der Waals surface area contributed by atoms with Crippen LogP contribution < -0.4 is 15.4 Å². The third-order valence-corrected chi connectivity index (χ3v) is 12.4. The number of benzene rings is 1. The largest absolute Gasteiger partial charge is 0.444 e. The van der Waals surface area contributed by atoms with Crippen molar-refractivity contribution in [3.8, 4) is 0 Å². The maximum Gasteiger partial charge on any atom is 0.410 e. The Morgan fingerprint density at radius 1 is 1.08 bits per heavy atom. The standard InChI is InChI=1S/C34H41ClF3N5O8S/c35-25-9-6-7-20-17-42(19-24(20)25)32(48)51-22-15-27-29(45)40-33(31(47)41-52(49,50)23-11-12-23)16-21(33)8-4-2-1-3-5-10-26(30(46)43(27)18-22)39-28(44)13-14-34(36,37)38/h4,6-9,21-23,26-27H,1-3,5,10-19H2,(H,39,44)(H,40,45)(H,41,47)/b8-4-/t21-,22+,26-,27-,33-/m0/s1. The summed E-state index contributed by atoms with van der Waals surface area (Å²) in [6.07, 6.45) is -1.92. The van der Waals surface area contributed by atoms with Gasteiger partial charge in [0.15, 0.2) is 0 Å². The number of nitrogens with zero attached hydrogens (tertiary/aromatic N) is 2. The van der Waals surface area contributed by atoms with Crippen LogP contribution in [0.2, 0.25) is 5.02 Å². The Labute approximate surface area is 304 Å². The number of hydrogen-bond donors (Lipinski definition) is 3. The molecule has 2 aliphatic carbocycles. The highest BCUT2D eigenvalue weighted by Gasteiger charge is 2.62. The summed E-state index contributed by atoms with van der Waals surface area (Å²) in [5.74, 6) is -3.97. The fourth-order valence-corrected chi connectivity index (χ4v) is 8.71. The zero-order chi connectivity index (χ0) is 37.4. The van der Waals surface area contributed by atoms with Crippen LogP contribution in [-0.4, -0.2) is 89.6 Å². The average Bonchev–Trinajstić information content (AvgIpc) is 3.96. The molecule has 0 bridgehead atoms. The quantitative estimate of drug-likeness (QED) is 0.353. The molecular weight excluding hydrogens is 731 g/mol. The van der Waals surface area contributed by atoms with Crippen LogP contribution in [0.3, 0.4) is 0 Å². The molecular formula is C34H41ClF3N5O8S. The molecule has 5 atom stereocenters. The van der Waals surface area contributed by atoms with Crippen LogP contribution in [0.15, 0.2) is 30.4 Å². The van der Waals surface area contributed by atoms with Crippen LogP contribution >= 0.6 is 11.6 Å². The first kappa shape index (κ1) is 37.9. The van der Waals surface area contributed by atoms with Crippen LogP contribution in [0, 0.1) is 5.92 Å². The number of nitrogens with one attached hydrogen (secondary N) is 3. The molecule has 5 amide bonds. The molecule has 1 aromatic rings. The van der Waals surface area contributed by atoms with Crippen LogP contribution in [0.1, 0.15) is 81.8 Å². The van der Waals surface area contributed by atoms with E-state index in [9.17, 15) is 45.6 Å². The first-order valence-corrected chi connectivity index (χ1v) is 19.4. The second-order valence-corrected chi connectivity index (χ2v) is 16.6. The third-order valence-electron chi connectivity index (χ3n) is 10.3. The summed E-state index contributed by atoms with van der Waals surface area (Å²) >= 11 is 6.31. The van der Waals surface area contributed by atoms with Crippen molar-refractivity contribution in [3.05, 3.63) is 46.5 Å². The van der Waals surface area contributed by atoms with E-state index in [2.05, 4.69) is 15.4 Å². The second-order valence-electron chi connectivity index (χ2n) is 14.2. The fraction of sp³-hybridized carbons (Fsp3) is 0.618. The number of fused-ring (bicyclic) bond motifs is 3. The lowest BCUT2D eigenvalue weighted by atomic mass is 10.0. The topological polar surface area (TPSA) is 171 Å². The zero-order valence-corrected chi connectivity index (χ0v) is 29.8. The Balaban J connectivity index is 1.24. The first-order valence-electron chi connectivity index (χ1n) is 17.5. The van der Waals surface area contributed by atoms with Crippen molar-refractivity contribution >= 4 is 51.3 Å². The predicted octanol–water partition coefficient (Wildman–Crippen LogP) is 3.59. The Kier molecular flexibility index (Phi) is 10.8. The van der Waals surface area contributed by atoms with Gasteiger partial charge in [0.25, 0.3) is 5.91 Å². The van der Waals surface area contributed by atoms with E-state index in [0.717, 1.165) is 16.0 Å². The number of carbonyl (C=O) groups is 5. The van der Waals surface area contributed by atoms with E-state index in [-0.39, 0.29) is 38.9 Å². The highest BCUT2D eigenvalue weighted by molar-refractivity contribution is 7.91. The number of ether oxygens (including phenoxy) is 1. The first-order chi connectivity index (χ1) is 24.6. The molecule has 52 heavy (non-hydrogen) atoms. The third kappa shape index (κ3) is 8.67. The van der Waals surface area contributed by atoms with Crippen molar-refractivity contribution in [1.29, 1.82) is 0 Å². The molecule has 3 heterocycles. The Morgan fingerprint density at radius 3 is 2.56 bits per heavy atom. The van der Waals surface area contributed by atoms with E-state index < -0.39 is 93.7 Å². The van der Waals surface area contributed by atoms with Crippen molar-refractivity contribution < 1.29 is 50.3 Å². The van der Waals surface area contributed by atoms with Gasteiger partial charge in [-0.3, -0.25) is 28.8 Å². The van der Waals surface area contributed by atoms with Gasteiger partial charge in [0.05, 0.1) is 24.8 Å². The summed E-state index contributed by atoms with van der Waals surface area (Å²) in [5, 5.41) is 4.93. The van der Waals surface area contributed by atoms with Gasteiger partial charge >= 0.3 is 12.3 Å². The molecule has 18 heteroatoms. The number of amides is 5. The van der Waals surface area contributed by atoms with Gasteiger partial charge in [-0.15, -0.1) is 0 Å². The molecule has 6 rings (SSSR count). The van der Waals surface area contributed by atoms with Gasteiger partial charge in [-0.25, -0.2) is 13.2 Å². The number of halogens is 4. The van der Waals surface area contributed by atoms with Crippen LogP contribution in [-0.2, 0) is 47.0 Å². The van der Waals surface area contributed by atoms with Crippen LogP contribution in [0.5, 0.6) is 0 Å². The van der Waals surface area contributed by atoms with Crippen molar-refractivity contribution in [2.24, 2.45) is 5.92 Å². The van der Waals surface area contributed by atoms with Gasteiger partial charge in [-0.1, -0.05) is 48.7 Å². The monoisotopic (exact) mass is 771 g/mol. The van der Waals surface area contributed by atoms with E-state index in [0.29, 0.717) is 43.5 Å². The van der Waals surface area contributed by atoms with Crippen molar-refractivity contribution in [3.63, 3.8) is 0 Å². The molecule has 3 N–H and O–H groups in total. The fourth-order valence-electron chi connectivity index (χ4n) is 7.10. The number of hydrogen-bond acceptors (Lipinski definition) is 8. The number of rotatable bonds is 7. The minimum absolute atomic E-state index is 0.0798. The highest BCUT2D eigenvalue weighted by atomic mass is 35.5. The minimum Gasteiger partial charge on any atom is -0.444 e. The van der Waals surface area contributed by atoms with Crippen molar-refractivity contribution in [2.75, 3.05) is 6.54 Å². The predicted molar refractivity (Wildman–Crippen MR) is 180 cm³/mol. The smallest absolute Gasteiger partial charge is 0.410 e. The van der Waals surface area contributed by atoms with E-state index >= 15 is 0 Å². The summed E-state index contributed by atoms with van der Waals surface area (Å²) in [6, 6.07) is 2.68. The maximum atomic E-state index is 14.2. The lowest BCUT2D eigenvalue weighted by Gasteiger charge is -2.30. The van der Waals surface area contributed by atoms with Crippen LogP contribution in [0.25, 0.3) is 0 Å². The average molecular weight is 772 g/mol. The van der Waals surface area contributed by atoms with E-state index in [1.165, 1.54) is 4.90 Å². The lowest BCUT2D eigenvalue weighted by molar-refractivity contribution is -0.146. The second kappa shape index (κ2) is 14.9. The number of alkyl halides is 3. The summed E-state index contributed by atoms with van der Waals surface area (Å²) in [4.78, 5) is 70.4. The lowest BCUT2D eigenvalue weighted by Crippen LogP contribution is -2.58. The van der Waals surface area contributed by atoms with Gasteiger partial charge in [0, 0.05) is 30.3 Å². The summed E-state index contributed by atoms with van der Waals surface area (Å²) in [7, 11) is -3.96. The Bertz CT molecular complexity index is 1760. The molecule has 3 aliphatic heterocycles. The van der Waals surface area contributed by atoms with Gasteiger partial charge in [0.1, 0.15) is 23.7 Å². The normalized spacial score (nSPS) is 28.7. The molecule has 0 aromatic heterocycles. The molecule has 2 saturated carbocycles. The number of carbonyl (C=O) groups excluding carboxylic acids is 5. The van der Waals surface area contributed by atoms with E-state index in [1.807, 2.05) is 12.1 Å². The van der Waals surface area contributed by atoms with E-state index in [4.69, 9.17) is 16.3 Å². The van der Waals surface area contributed by atoms with Gasteiger partial charge < -0.3 is 20.3 Å². The Hall–Kier alpha value is -3.86. The molecule has 1 saturated heterocycles. The summed E-state index contributed by atoms with van der Waals surface area (Å²) < 4.78 is 72.0. The summed E-state index contributed by atoms with van der Waals surface area (Å²) in [6.45, 7) is 0.115. The van der Waals surface area contributed by atoms with Gasteiger partial charge in [-0.05, 0) is 55.7 Å². The molecule has 0 unspecified atom stereocenters. The number of sulfonamides is 1. The molecule has 1 aromatic carbocycles. The van der Waals surface area contributed by atoms with Crippen molar-refractivity contribution in [2.45, 2.75) is 119 Å².